The maximum absolute atomic E-state index is 10.1. The zero-order chi connectivity index (χ0) is 29.1. The molecule has 0 amide bonds. The number of ether oxygens (including phenoxy) is 1. The molecule has 2 aromatic heterocycles. The van der Waals surface area contributed by atoms with Gasteiger partial charge in [-0.2, -0.15) is 0 Å². The molecule has 3 N–H and O–H groups in total. The van der Waals surface area contributed by atoms with Gasteiger partial charge < -0.3 is 20.5 Å². The minimum atomic E-state index is 0.100. The van der Waals surface area contributed by atoms with Crippen molar-refractivity contribution in [1.29, 1.82) is 0 Å². The number of thiophene rings is 2. The maximum atomic E-state index is 10.1. The van der Waals surface area contributed by atoms with Crippen LogP contribution in [0.15, 0.2) is 114 Å². The minimum Gasteiger partial charge on any atom is -0.507 e. The molecule has 0 aliphatic carbocycles. The Bertz CT molecular complexity index is 1660. The number of aromatic hydroxyl groups is 1. The Morgan fingerprint density at radius 1 is 0.643 bits per heavy atom. The fourth-order valence-corrected chi connectivity index (χ4v) is 6.97. The molecular weight excluding hydrogens is 557 g/mol. The second-order valence-corrected chi connectivity index (χ2v) is 12.1. The molecule has 42 heavy (non-hydrogen) atoms. The third-order valence-electron chi connectivity index (χ3n) is 7.42. The summed E-state index contributed by atoms with van der Waals surface area (Å²) in [5.74, 6) is 1.68. The van der Waals surface area contributed by atoms with Crippen LogP contribution in [0.1, 0.15) is 40.2 Å². The number of benzene rings is 4. The van der Waals surface area contributed by atoms with Gasteiger partial charge in [-0.05, 0) is 85.0 Å². The fourth-order valence-electron chi connectivity index (χ4n) is 5.30. The number of fused-ring (bicyclic) bond motifs is 2. The Labute approximate surface area is 256 Å². The summed E-state index contributed by atoms with van der Waals surface area (Å²) in [4.78, 5) is 2.65. The van der Waals surface area contributed by atoms with Gasteiger partial charge in [-0.3, -0.25) is 0 Å². The van der Waals surface area contributed by atoms with Crippen molar-refractivity contribution in [2.75, 3.05) is 27.2 Å². The standard InChI is InChI=1S/2C18H19NOS/c1-19-12-11-17(18-10-5-13-21-18)20-16-9-4-7-14-6-2-3-8-15(14)16;1-19-11-10-16(18-7-4-12-21-18)14-8-9-17(20)15-6-3-2-5-13(14)15/h2-10,13,17,19H,11-12H2,1H3;2-9,12,16,19-20H,10-11H2,1H3/t17-;/m0./s1. The highest BCUT2D eigenvalue weighted by Gasteiger charge is 2.18. The fraction of sp³-hybridized carbons (Fsp3) is 0.222. The lowest BCUT2D eigenvalue weighted by Gasteiger charge is -2.19. The molecule has 0 saturated heterocycles. The summed E-state index contributed by atoms with van der Waals surface area (Å²) in [7, 11) is 3.96. The van der Waals surface area contributed by atoms with Crippen molar-refractivity contribution >= 4 is 44.2 Å². The van der Waals surface area contributed by atoms with Gasteiger partial charge in [-0.15, -0.1) is 22.7 Å². The predicted octanol–water partition coefficient (Wildman–Crippen LogP) is 8.98. The van der Waals surface area contributed by atoms with Crippen molar-refractivity contribution in [3.63, 3.8) is 0 Å². The molecule has 0 aliphatic heterocycles. The predicted molar refractivity (Wildman–Crippen MR) is 180 cm³/mol. The number of nitrogens with one attached hydrogen (secondary N) is 2. The van der Waals surface area contributed by atoms with E-state index in [1.165, 1.54) is 26.1 Å². The molecule has 1 unspecified atom stereocenters. The van der Waals surface area contributed by atoms with Gasteiger partial charge >= 0.3 is 0 Å². The Morgan fingerprint density at radius 3 is 2.00 bits per heavy atom. The van der Waals surface area contributed by atoms with E-state index >= 15 is 0 Å². The molecule has 4 aromatic carbocycles. The average molecular weight is 595 g/mol. The molecule has 0 bridgehead atoms. The molecule has 2 atom stereocenters. The van der Waals surface area contributed by atoms with Crippen LogP contribution in [0.5, 0.6) is 11.5 Å². The Balaban J connectivity index is 0.000000168. The number of rotatable bonds is 11. The first-order valence-electron chi connectivity index (χ1n) is 14.4. The van der Waals surface area contributed by atoms with Crippen molar-refractivity contribution in [3.8, 4) is 11.5 Å². The summed E-state index contributed by atoms with van der Waals surface area (Å²) in [5.41, 5.74) is 1.29. The van der Waals surface area contributed by atoms with E-state index in [1.807, 2.05) is 38.4 Å². The van der Waals surface area contributed by atoms with Gasteiger partial charge in [-0.25, -0.2) is 0 Å². The normalized spacial score (nSPS) is 12.5. The molecule has 6 aromatic rings. The lowest BCUT2D eigenvalue weighted by molar-refractivity contribution is 0.201. The monoisotopic (exact) mass is 594 g/mol. The summed E-state index contributed by atoms with van der Waals surface area (Å²) in [5, 5.41) is 25.2. The van der Waals surface area contributed by atoms with E-state index in [0.717, 1.165) is 42.5 Å². The summed E-state index contributed by atoms with van der Waals surface area (Å²) in [6.07, 6.45) is 2.11. The molecule has 0 spiro atoms. The first-order chi connectivity index (χ1) is 20.7. The zero-order valence-corrected chi connectivity index (χ0v) is 25.8. The van der Waals surface area contributed by atoms with Gasteiger partial charge in [0.2, 0.25) is 0 Å². The lowest BCUT2D eigenvalue weighted by Crippen LogP contribution is -2.15. The number of phenolic OH excluding ortho intramolecular Hbond substituents is 1. The molecule has 4 nitrogen and oxygen atoms in total. The summed E-state index contributed by atoms with van der Waals surface area (Å²) < 4.78 is 6.34. The molecule has 6 rings (SSSR count). The van der Waals surface area contributed by atoms with E-state index in [9.17, 15) is 5.11 Å². The molecule has 216 valence electrons. The zero-order valence-electron chi connectivity index (χ0n) is 24.1. The molecule has 0 radical (unpaired) electrons. The molecule has 6 heteroatoms. The molecule has 0 saturated carbocycles. The van der Waals surface area contributed by atoms with Crippen LogP contribution in [0.2, 0.25) is 0 Å². The van der Waals surface area contributed by atoms with Gasteiger partial charge in [0.1, 0.15) is 17.6 Å². The van der Waals surface area contributed by atoms with Crippen LogP contribution in [0.4, 0.5) is 0 Å². The van der Waals surface area contributed by atoms with Crippen LogP contribution in [0.25, 0.3) is 21.5 Å². The topological polar surface area (TPSA) is 53.5 Å². The van der Waals surface area contributed by atoms with Gasteiger partial charge in [0.05, 0.1) is 0 Å². The Morgan fingerprint density at radius 2 is 1.29 bits per heavy atom. The van der Waals surface area contributed by atoms with Crippen LogP contribution in [-0.2, 0) is 0 Å². The largest absolute Gasteiger partial charge is 0.507 e. The number of hydrogen-bond donors (Lipinski definition) is 3. The molecule has 0 aliphatic rings. The summed E-state index contributed by atoms with van der Waals surface area (Å²) in [6, 6.07) is 35.1. The van der Waals surface area contributed by atoms with E-state index in [0.29, 0.717) is 11.7 Å². The second-order valence-electron chi connectivity index (χ2n) is 10.2. The summed E-state index contributed by atoms with van der Waals surface area (Å²) in [6.45, 7) is 1.91. The highest BCUT2D eigenvalue weighted by atomic mass is 32.1. The molecule has 0 fully saturated rings. The number of phenols is 1. The van der Waals surface area contributed by atoms with Crippen molar-refractivity contribution in [3.05, 3.63) is 129 Å². The lowest BCUT2D eigenvalue weighted by atomic mass is 9.89. The quantitative estimate of drug-likeness (QED) is 0.140. The van der Waals surface area contributed by atoms with Crippen LogP contribution >= 0.6 is 22.7 Å². The Hall–Kier alpha value is -3.68. The van der Waals surface area contributed by atoms with Gasteiger partial charge in [0, 0.05) is 32.9 Å². The summed E-state index contributed by atoms with van der Waals surface area (Å²) >= 11 is 3.55. The highest BCUT2D eigenvalue weighted by molar-refractivity contribution is 7.10. The third-order valence-corrected chi connectivity index (χ3v) is 9.37. The van der Waals surface area contributed by atoms with Crippen molar-refractivity contribution in [2.24, 2.45) is 0 Å². The average Bonchev–Trinajstić information content (AvgIpc) is 3.77. The first-order valence-corrected chi connectivity index (χ1v) is 16.2. The van der Waals surface area contributed by atoms with Crippen molar-refractivity contribution < 1.29 is 9.84 Å². The second kappa shape index (κ2) is 15.0. The van der Waals surface area contributed by atoms with Crippen molar-refractivity contribution in [2.45, 2.75) is 24.9 Å². The van der Waals surface area contributed by atoms with E-state index in [1.54, 1.807) is 22.7 Å². The van der Waals surface area contributed by atoms with E-state index in [-0.39, 0.29) is 6.10 Å². The van der Waals surface area contributed by atoms with E-state index in [4.69, 9.17) is 4.74 Å². The van der Waals surface area contributed by atoms with Crippen LogP contribution in [0, 0.1) is 0 Å². The smallest absolute Gasteiger partial charge is 0.134 e. The van der Waals surface area contributed by atoms with E-state index < -0.39 is 0 Å². The highest BCUT2D eigenvalue weighted by Crippen LogP contribution is 2.38. The van der Waals surface area contributed by atoms with Crippen molar-refractivity contribution in [1.82, 2.24) is 10.6 Å². The Kier molecular flexibility index (Phi) is 10.6. The van der Waals surface area contributed by atoms with Crippen LogP contribution in [0.3, 0.4) is 0 Å². The van der Waals surface area contributed by atoms with Gasteiger partial charge in [0.15, 0.2) is 0 Å². The minimum absolute atomic E-state index is 0.100. The maximum Gasteiger partial charge on any atom is 0.134 e. The molecular formula is C36H38N2O2S2. The number of hydrogen-bond acceptors (Lipinski definition) is 6. The third kappa shape index (κ3) is 7.20. The molecule has 2 heterocycles. The first kappa shape index (κ1) is 29.8. The van der Waals surface area contributed by atoms with E-state index in [2.05, 4.69) is 100 Å². The van der Waals surface area contributed by atoms with Crippen LogP contribution < -0.4 is 15.4 Å². The van der Waals surface area contributed by atoms with Crippen LogP contribution in [-0.4, -0.2) is 32.3 Å². The van der Waals surface area contributed by atoms with Gasteiger partial charge in [-0.1, -0.05) is 78.9 Å². The SMILES string of the molecule is CNCCC(c1cccs1)c1ccc(O)c2ccccc12.CNCC[C@H](Oc1cccc2ccccc12)c1cccs1. The van der Waals surface area contributed by atoms with Gasteiger partial charge in [0.25, 0.3) is 0 Å².